The number of aliphatic hydroxyl groups is 1. The van der Waals surface area contributed by atoms with E-state index in [1.165, 1.54) is 0 Å². The van der Waals surface area contributed by atoms with Crippen LogP contribution in [0.1, 0.15) is 50.0 Å². The van der Waals surface area contributed by atoms with Crippen LogP contribution in [0, 0.1) is 0 Å². The van der Waals surface area contributed by atoms with Crippen LogP contribution in [0.2, 0.25) is 0 Å². The molecule has 1 N–H and O–H groups in total. The zero-order valence-electron chi connectivity index (χ0n) is 11.7. The van der Waals surface area contributed by atoms with Crippen LogP contribution in [0.5, 0.6) is 0 Å². The second kappa shape index (κ2) is 5.70. The number of hydrogen-bond acceptors (Lipinski definition) is 4. The van der Waals surface area contributed by atoms with E-state index < -0.39 is 5.60 Å². The van der Waals surface area contributed by atoms with E-state index in [2.05, 4.69) is 9.88 Å². The van der Waals surface area contributed by atoms with Gasteiger partial charge in [0.15, 0.2) is 5.78 Å². The number of carbonyl (C=O) groups is 1. The third-order valence-electron chi connectivity index (χ3n) is 3.78. The Hall–Kier alpha value is -1.42. The number of pyridine rings is 1. The molecule has 0 radical (unpaired) electrons. The summed E-state index contributed by atoms with van der Waals surface area (Å²) in [4.78, 5) is 18.0. The predicted molar refractivity (Wildman–Crippen MR) is 75.5 cm³/mol. The highest BCUT2D eigenvalue weighted by molar-refractivity contribution is 5.94. The van der Waals surface area contributed by atoms with E-state index in [-0.39, 0.29) is 5.78 Å². The number of nitrogens with zero attached hydrogens (tertiary/aromatic N) is 2. The van der Waals surface area contributed by atoms with E-state index in [0.717, 1.165) is 38.0 Å². The highest BCUT2D eigenvalue weighted by Crippen LogP contribution is 2.24. The summed E-state index contributed by atoms with van der Waals surface area (Å²) in [6.45, 7) is 5.50. The molecule has 2 heterocycles. The highest BCUT2D eigenvalue weighted by atomic mass is 16.3. The van der Waals surface area contributed by atoms with Gasteiger partial charge < -0.3 is 10.0 Å². The normalized spacial score (nSPS) is 24.1. The molecule has 1 unspecified atom stereocenters. The van der Waals surface area contributed by atoms with Crippen molar-refractivity contribution in [2.75, 3.05) is 18.0 Å². The molecule has 0 amide bonds. The lowest BCUT2D eigenvalue weighted by Gasteiger charge is -2.24. The lowest BCUT2D eigenvalue weighted by atomic mass is 9.98. The minimum Gasteiger partial charge on any atom is -0.390 e. The molecule has 0 spiro atoms. The van der Waals surface area contributed by atoms with Gasteiger partial charge in [-0.25, -0.2) is 0 Å². The topological polar surface area (TPSA) is 53.4 Å². The smallest absolute Gasteiger partial charge is 0.180 e. The molecule has 0 aromatic carbocycles. The maximum atomic E-state index is 11.5. The van der Waals surface area contributed by atoms with E-state index in [0.29, 0.717) is 12.1 Å². The molecule has 1 aromatic rings. The zero-order chi connectivity index (χ0) is 13.9. The molecule has 1 aliphatic heterocycles. The molecule has 19 heavy (non-hydrogen) atoms. The largest absolute Gasteiger partial charge is 0.390 e. The Morgan fingerprint density at radius 1 is 1.42 bits per heavy atom. The molecule has 1 saturated heterocycles. The van der Waals surface area contributed by atoms with Crippen LogP contribution in [-0.2, 0) is 0 Å². The summed E-state index contributed by atoms with van der Waals surface area (Å²) in [5, 5.41) is 10.1. The molecular weight excluding hydrogens is 240 g/mol. The molecular formula is C15H22N2O2. The SMILES string of the molecule is CCC(=O)c1ccc(N2CCCC(C)(O)CC2)cn1. The molecule has 1 fully saturated rings. The Labute approximate surface area is 114 Å². The molecule has 1 atom stereocenters. The number of rotatable bonds is 3. The second-order valence-electron chi connectivity index (χ2n) is 5.52. The van der Waals surface area contributed by atoms with Crippen LogP contribution >= 0.6 is 0 Å². The summed E-state index contributed by atoms with van der Waals surface area (Å²) in [7, 11) is 0. The van der Waals surface area contributed by atoms with Gasteiger partial charge in [0.1, 0.15) is 5.69 Å². The highest BCUT2D eigenvalue weighted by Gasteiger charge is 2.25. The van der Waals surface area contributed by atoms with Gasteiger partial charge in [-0.3, -0.25) is 9.78 Å². The van der Waals surface area contributed by atoms with Crippen molar-refractivity contribution in [3.63, 3.8) is 0 Å². The van der Waals surface area contributed by atoms with Crippen molar-refractivity contribution < 1.29 is 9.90 Å². The first-order valence-electron chi connectivity index (χ1n) is 6.98. The van der Waals surface area contributed by atoms with Crippen molar-refractivity contribution in [1.29, 1.82) is 0 Å². The van der Waals surface area contributed by atoms with E-state index in [1.807, 2.05) is 19.9 Å². The summed E-state index contributed by atoms with van der Waals surface area (Å²) >= 11 is 0. The summed E-state index contributed by atoms with van der Waals surface area (Å²) < 4.78 is 0. The van der Waals surface area contributed by atoms with Crippen LogP contribution in [0.4, 0.5) is 5.69 Å². The average Bonchev–Trinajstić information content (AvgIpc) is 2.59. The molecule has 0 saturated carbocycles. The van der Waals surface area contributed by atoms with Crippen LogP contribution < -0.4 is 4.90 Å². The van der Waals surface area contributed by atoms with Crippen molar-refractivity contribution in [2.24, 2.45) is 0 Å². The van der Waals surface area contributed by atoms with Crippen molar-refractivity contribution >= 4 is 11.5 Å². The zero-order valence-corrected chi connectivity index (χ0v) is 11.7. The monoisotopic (exact) mass is 262 g/mol. The first-order valence-corrected chi connectivity index (χ1v) is 6.98. The Morgan fingerprint density at radius 2 is 2.21 bits per heavy atom. The van der Waals surface area contributed by atoms with Gasteiger partial charge in [0.25, 0.3) is 0 Å². The fourth-order valence-electron chi connectivity index (χ4n) is 2.44. The van der Waals surface area contributed by atoms with E-state index >= 15 is 0 Å². The summed E-state index contributed by atoms with van der Waals surface area (Å²) in [6.07, 6.45) is 4.83. The maximum Gasteiger partial charge on any atom is 0.180 e. The summed E-state index contributed by atoms with van der Waals surface area (Å²) in [5.74, 6) is 0.0744. The number of anilines is 1. The van der Waals surface area contributed by atoms with Crippen LogP contribution in [0.15, 0.2) is 18.3 Å². The molecule has 0 bridgehead atoms. The minimum atomic E-state index is -0.555. The van der Waals surface area contributed by atoms with Crippen LogP contribution in [0.3, 0.4) is 0 Å². The van der Waals surface area contributed by atoms with E-state index in [1.54, 1.807) is 12.3 Å². The lowest BCUT2D eigenvalue weighted by Crippen LogP contribution is -2.28. The molecule has 1 aromatic heterocycles. The molecule has 4 heteroatoms. The summed E-state index contributed by atoms with van der Waals surface area (Å²) in [5.41, 5.74) is 1.01. The predicted octanol–water partition coefficient (Wildman–Crippen LogP) is 2.42. The number of ketones is 1. The maximum absolute atomic E-state index is 11.5. The Kier molecular flexibility index (Phi) is 4.20. The molecule has 0 aliphatic carbocycles. The number of aromatic nitrogens is 1. The van der Waals surface area contributed by atoms with Gasteiger partial charge in [-0.05, 0) is 38.3 Å². The number of hydrogen-bond donors (Lipinski definition) is 1. The first kappa shape index (κ1) is 14.0. The fraction of sp³-hybridized carbons (Fsp3) is 0.600. The Morgan fingerprint density at radius 3 is 2.84 bits per heavy atom. The molecule has 1 aliphatic rings. The van der Waals surface area contributed by atoms with Gasteiger partial charge in [0.05, 0.1) is 17.5 Å². The number of Topliss-reactive ketones (excluding diaryl/α,β-unsaturated/α-hetero) is 1. The van der Waals surface area contributed by atoms with Crippen molar-refractivity contribution in [1.82, 2.24) is 4.98 Å². The van der Waals surface area contributed by atoms with Gasteiger partial charge in [0.2, 0.25) is 0 Å². The van der Waals surface area contributed by atoms with Gasteiger partial charge >= 0.3 is 0 Å². The molecule has 2 rings (SSSR count). The van der Waals surface area contributed by atoms with Gasteiger partial charge in [0, 0.05) is 19.5 Å². The van der Waals surface area contributed by atoms with Crippen molar-refractivity contribution in [3.8, 4) is 0 Å². The standard InChI is InChI=1S/C15H22N2O2/c1-3-14(18)13-6-5-12(11-16-13)17-9-4-7-15(2,19)8-10-17/h5-6,11,19H,3-4,7-10H2,1-2H3. The molecule has 4 nitrogen and oxygen atoms in total. The minimum absolute atomic E-state index is 0.0744. The van der Waals surface area contributed by atoms with Crippen molar-refractivity contribution in [2.45, 2.75) is 45.1 Å². The quantitative estimate of drug-likeness (QED) is 0.850. The Balaban J connectivity index is 2.08. The van der Waals surface area contributed by atoms with Crippen LogP contribution in [-0.4, -0.2) is 34.6 Å². The number of carbonyl (C=O) groups excluding carboxylic acids is 1. The van der Waals surface area contributed by atoms with Gasteiger partial charge in [-0.15, -0.1) is 0 Å². The van der Waals surface area contributed by atoms with Gasteiger partial charge in [-0.1, -0.05) is 6.92 Å². The Bertz CT molecular complexity index is 440. The third kappa shape index (κ3) is 3.53. The summed E-state index contributed by atoms with van der Waals surface area (Å²) in [6, 6.07) is 3.75. The lowest BCUT2D eigenvalue weighted by molar-refractivity contribution is 0.0481. The fourth-order valence-corrected chi connectivity index (χ4v) is 2.44. The first-order chi connectivity index (χ1) is 9.02. The van der Waals surface area contributed by atoms with E-state index in [4.69, 9.17) is 0 Å². The molecule has 104 valence electrons. The van der Waals surface area contributed by atoms with Crippen molar-refractivity contribution in [3.05, 3.63) is 24.0 Å². The van der Waals surface area contributed by atoms with E-state index in [9.17, 15) is 9.90 Å². The third-order valence-corrected chi connectivity index (χ3v) is 3.78. The van der Waals surface area contributed by atoms with Gasteiger partial charge in [-0.2, -0.15) is 0 Å². The van der Waals surface area contributed by atoms with Crippen LogP contribution in [0.25, 0.3) is 0 Å². The average molecular weight is 262 g/mol. The second-order valence-corrected chi connectivity index (χ2v) is 5.52.